The topological polar surface area (TPSA) is 38.8 Å². The van der Waals surface area contributed by atoms with Crippen molar-refractivity contribution in [1.82, 2.24) is 4.90 Å². The number of likely N-dealkylation sites (N-methyl/N-ethyl adjacent to an activating group) is 1. The molecule has 0 amide bonds. The Bertz CT molecular complexity index is 447. The summed E-state index contributed by atoms with van der Waals surface area (Å²) in [4.78, 5) is 13.8. The van der Waals surface area contributed by atoms with Gasteiger partial charge < -0.3 is 9.47 Å². The van der Waals surface area contributed by atoms with Crippen LogP contribution in [0.2, 0.25) is 0 Å². The molecular weight excluding hydrogens is 242 g/mol. The van der Waals surface area contributed by atoms with Crippen molar-refractivity contribution >= 4 is 5.97 Å². The number of rotatable bonds is 5. The minimum absolute atomic E-state index is 0.0158. The fourth-order valence-corrected chi connectivity index (χ4v) is 2.41. The molecule has 0 bridgehead atoms. The van der Waals surface area contributed by atoms with Crippen molar-refractivity contribution in [2.75, 3.05) is 13.7 Å². The van der Waals surface area contributed by atoms with Gasteiger partial charge in [0.1, 0.15) is 17.9 Å². The van der Waals surface area contributed by atoms with Gasteiger partial charge in [0, 0.05) is 18.5 Å². The Morgan fingerprint density at radius 3 is 2.79 bits per heavy atom. The van der Waals surface area contributed by atoms with Gasteiger partial charge in [-0.25, -0.2) is 0 Å². The third-order valence-corrected chi connectivity index (χ3v) is 3.37. The highest BCUT2D eigenvalue weighted by atomic mass is 16.6. The van der Waals surface area contributed by atoms with E-state index in [1.807, 2.05) is 50.1 Å². The van der Waals surface area contributed by atoms with Crippen LogP contribution in [0.4, 0.5) is 0 Å². The van der Waals surface area contributed by atoms with Crippen LogP contribution in [0.25, 0.3) is 0 Å². The molecule has 0 N–H and O–H groups in total. The van der Waals surface area contributed by atoms with Crippen molar-refractivity contribution in [2.24, 2.45) is 0 Å². The van der Waals surface area contributed by atoms with Crippen LogP contribution in [-0.2, 0) is 16.1 Å². The molecule has 1 heterocycles. The van der Waals surface area contributed by atoms with Gasteiger partial charge in [0.15, 0.2) is 0 Å². The molecule has 104 valence electrons. The zero-order valence-corrected chi connectivity index (χ0v) is 11.8. The van der Waals surface area contributed by atoms with Gasteiger partial charge >= 0.3 is 5.97 Å². The molecule has 1 aromatic carbocycles. The quantitative estimate of drug-likeness (QED) is 0.764. The lowest BCUT2D eigenvalue weighted by Crippen LogP contribution is -2.34. The average Bonchev–Trinajstić information content (AvgIpc) is 2.71. The second-order valence-corrected chi connectivity index (χ2v) is 4.95. The van der Waals surface area contributed by atoms with Crippen LogP contribution in [0.15, 0.2) is 24.3 Å². The maximum Gasteiger partial charge on any atom is 0.323 e. The summed E-state index contributed by atoms with van der Waals surface area (Å²) in [7, 11) is 1.95. The van der Waals surface area contributed by atoms with Gasteiger partial charge in [0.25, 0.3) is 0 Å². The molecule has 19 heavy (non-hydrogen) atoms. The lowest BCUT2D eigenvalue weighted by atomic mass is 10.1. The van der Waals surface area contributed by atoms with Gasteiger partial charge in [-0.05, 0) is 27.0 Å². The van der Waals surface area contributed by atoms with E-state index in [1.165, 1.54) is 0 Å². The molecule has 0 aromatic heterocycles. The largest absolute Gasteiger partial charge is 0.494 e. The van der Waals surface area contributed by atoms with Crippen molar-refractivity contribution in [3.05, 3.63) is 29.8 Å². The van der Waals surface area contributed by atoms with E-state index in [4.69, 9.17) is 9.47 Å². The number of para-hydroxylation sites is 1. The van der Waals surface area contributed by atoms with Gasteiger partial charge in [-0.1, -0.05) is 18.2 Å². The van der Waals surface area contributed by atoms with Gasteiger partial charge in [-0.3, -0.25) is 9.69 Å². The molecule has 0 spiro atoms. The minimum Gasteiger partial charge on any atom is -0.494 e. The Hall–Kier alpha value is -1.55. The predicted octanol–water partition coefficient (Wildman–Crippen LogP) is 2.22. The zero-order valence-electron chi connectivity index (χ0n) is 11.8. The van der Waals surface area contributed by atoms with E-state index in [0.29, 0.717) is 13.2 Å². The summed E-state index contributed by atoms with van der Waals surface area (Å²) in [6, 6.07) is 7.79. The van der Waals surface area contributed by atoms with E-state index in [-0.39, 0.29) is 18.1 Å². The predicted molar refractivity (Wildman–Crippen MR) is 73.0 cm³/mol. The Labute approximate surface area is 114 Å². The SMILES string of the molecule is CCOc1ccccc1CN(C)[C@H]1C[C@@H](C)OC1=O. The first-order valence-corrected chi connectivity index (χ1v) is 6.73. The van der Waals surface area contributed by atoms with Gasteiger partial charge in [-0.15, -0.1) is 0 Å². The highest BCUT2D eigenvalue weighted by Crippen LogP contribution is 2.24. The molecule has 1 aromatic rings. The van der Waals surface area contributed by atoms with Gasteiger partial charge in [0.05, 0.1) is 6.61 Å². The fourth-order valence-electron chi connectivity index (χ4n) is 2.41. The summed E-state index contributed by atoms with van der Waals surface area (Å²) in [6.45, 7) is 5.22. The van der Waals surface area contributed by atoms with Crippen molar-refractivity contribution in [2.45, 2.75) is 39.0 Å². The standard InChI is InChI=1S/C15H21NO3/c1-4-18-14-8-6-5-7-12(14)10-16(3)13-9-11(2)19-15(13)17/h5-8,11,13H,4,9-10H2,1-3H3/t11-,13+/m1/s1. The molecule has 1 fully saturated rings. The normalized spacial score (nSPS) is 22.6. The number of carbonyl (C=O) groups is 1. The highest BCUT2D eigenvalue weighted by Gasteiger charge is 2.34. The Morgan fingerprint density at radius 1 is 1.42 bits per heavy atom. The molecular formula is C15H21NO3. The van der Waals surface area contributed by atoms with Crippen molar-refractivity contribution < 1.29 is 14.3 Å². The van der Waals surface area contributed by atoms with Gasteiger partial charge in [-0.2, -0.15) is 0 Å². The number of cyclic esters (lactones) is 1. The second kappa shape index (κ2) is 6.06. The molecule has 1 aliphatic heterocycles. The molecule has 4 heteroatoms. The number of hydrogen-bond donors (Lipinski definition) is 0. The van der Waals surface area contributed by atoms with E-state index >= 15 is 0 Å². The van der Waals surface area contributed by atoms with E-state index < -0.39 is 0 Å². The van der Waals surface area contributed by atoms with Crippen LogP contribution >= 0.6 is 0 Å². The van der Waals surface area contributed by atoms with Crippen LogP contribution in [0, 0.1) is 0 Å². The molecule has 1 saturated heterocycles. The summed E-state index contributed by atoms with van der Waals surface area (Å²) < 4.78 is 10.8. The van der Waals surface area contributed by atoms with Crippen LogP contribution in [0.3, 0.4) is 0 Å². The summed E-state index contributed by atoms with van der Waals surface area (Å²) in [5.41, 5.74) is 1.10. The third kappa shape index (κ3) is 3.26. The number of ether oxygens (including phenoxy) is 2. The Balaban J connectivity index is 2.06. The Kier molecular flexibility index (Phi) is 4.43. The molecule has 2 atom stereocenters. The van der Waals surface area contributed by atoms with Crippen LogP contribution in [0.5, 0.6) is 5.75 Å². The summed E-state index contributed by atoms with van der Waals surface area (Å²) in [5.74, 6) is 0.764. The zero-order chi connectivity index (χ0) is 13.8. The lowest BCUT2D eigenvalue weighted by molar-refractivity contribution is -0.144. The lowest BCUT2D eigenvalue weighted by Gasteiger charge is -2.22. The van der Waals surface area contributed by atoms with Crippen molar-refractivity contribution in [3.63, 3.8) is 0 Å². The van der Waals surface area contributed by atoms with E-state index in [1.54, 1.807) is 0 Å². The average molecular weight is 263 g/mol. The Morgan fingerprint density at radius 2 is 2.16 bits per heavy atom. The number of esters is 1. The molecule has 0 saturated carbocycles. The van der Waals surface area contributed by atoms with Crippen LogP contribution in [0.1, 0.15) is 25.8 Å². The van der Waals surface area contributed by atoms with Crippen LogP contribution in [-0.4, -0.2) is 36.7 Å². The van der Waals surface area contributed by atoms with E-state index in [2.05, 4.69) is 0 Å². The summed E-state index contributed by atoms with van der Waals surface area (Å²) >= 11 is 0. The third-order valence-electron chi connectivity index (χ3n) is 3.37. The molecule has 0 aliphatic carbocycles. The maximum absolute atomic E-state index is 11.7. The smallest absolute Gasteiger partial charge is 0.323 e. The first-order valence-electron chi connectivity index (χ1n) is 6.73. The molecule has 4 nitrogen and oxygen atoms in total. The first kappa shape index (κ1) is 13.9. The van der Waals surface area contributed by atoms with Crippen molar-refractivity contribution in [1.29, 1.82) is 0 Å². The summed E-state index contributed by atoms with van der Waals surface area (Å²) in [5, 5.41) is 0. The first-order chi connectivity index (χ1) is 9.11. The number of nitrogens with zero attached hydrogens (tertiary/aromatic N) is 1. The number of hydrogen-bond acceptors (Lipinski definition) is 4. The second-order valence-electron chi connectivity index (χ2n) is 4.95. The molecule has 2 rings (SSSR count). The van der Waals surface area contributed by atoms with Crippen LogP contribution < -0.4 is 4.74 Å². The number of carbonyl (C=O) groups excluding carboxylic acids is 1. The highest BCUT2D eigenvalue weighted by molar-refractivity contribution is 5.77. The fraction of sp³-hybridized carbons (Fsp3) is 0.533. The molecule has 0 radical (unpaired) electrons. The van der Waals surface area contributed by atoms with Gasteiger partial charge in [0.2, 0.25) is 0 Å². The van der Waals surface area contributed by atoms with E-state index in [0.717, 1.165) is 17.7 Å². The molecule has 0 unspecified atom stereocenters. The monoisotopic (exact) mass is 263 g/mol. The van der Waals surface area contributed by atoms with E-state index in [9.17, 15) is 4.79 Å². The number of benzene rings is 1. The van der Waals surface area contributed by atoms with Crippen molar-refractivity contribution in [3.8, 4) is 5.75 Å². The molecule has 1 aliphatic rings. The summed E-state index contributed by atoms with van der Waals surface area (Å²) in [6.07, 6.45) is 0.772. The minimum atomic E-state index is -0.148. The maximum atomic E-state index is 11.7.